The fourth-order valence-corrected chi connectivity index (χ4v) is 4.16. The second-order valence-electron chi connectivity index (χ2n) is 5.46. The predicted octanol–water partition coefficient (Wildman–Crippen LogP) is 1.14. The number of rotatable bonds is 6. The van der Waals surface area contributed by atoms with Gasteiger partial charge in [-0.25, -0.2) is 21.6 Å². The Morgan fingerprint density at radius 3 is 2.43 bits per heavy atom. The first-order chi connectivity index (χ1) is 9.70. The minimum Gasteiger partial charge on any atom is -0.398 e. The van der Waals surface area contributed by atoms with Crippen LogP contribution in [-0.4, -0.2) is 29.6 Å². The van der Waals surface area contributed by atoms with E-state index in [0.717, 1.165) is 31.6 Å². The SMILES string of the molecule is CS(=O)(=O)c1ccc(N)c(S(=O)(=O)NCCC2CCC2)c1. The van der Waals surface area contributed by atoms with Gasteiger partial charge in [-0.2, -0.15) is 0 Å². The number of hydrogen-bond acceptors (Lipinski definition) is 5. The third-order valence-corrected chi connectivity index (χ3v) is 6.40. The zero-order valence-corrected chi connectivity index (χ0v) is 13.5. The van der Waals surface area contributed by atoms with Gasteiger partial charge in [0.2, 0.25) is 10.0 Å². The molecule has 0 amide bonds. The minimum absolute atomic E-state index is 0.0403. The summed E-state index contributed by atoms with van der Waals surface area (Å²) in [6.45, 7) is 0.343. The molecule has 0 bridgehead atoms. The summed E-state index contributed by atoms with van der Waals surface area (Å²) >= 11 is 0. The highest BCUT2D eigenvalue weighted by atomic mass is 32.2. The average Bonchev–Trinajstić information content (AvgIpc) is 2.31. The number of hydrogen-bond donors (Lipinski definition) is 2. The van der Waals surface area contributed by atoms with Crippen molar-refractivity contribution in [3.63, 3.8) is 0 Å². The van der Waals surface area contributed by atoms with E-state index in [2.05, 4.69) is 4.72 Å². The Morgan fingerprint density at radius 1 is 1.24 bits per heavy atom. The Balaban J connectivity index is 2.18. The van der Waals surface area contributed by atoms with Gasteiger partial charge in [0.05, 0.1) is 10.6 Å². The van der Waals surface area contributed by atoms with Crippen LogP contribution in [0.1, 0.15) is 25.7 Å². The maximum absolute atomic E-state index is 12.2. The lowest BCUT2D eigenvalue weighted by Gasteiger charge is -2.25. The maximum Gasteiger partial charge on any atom is 0.242 e. The third-order valence-electron chi connectivity index (χ3n) is 3.77. The molecule has 8 heteroatoms. The molecule has 0 radical (unpaired) electrons. The summed E-state index contributed by atoms with van der Waals surface area (Å²) in [4.78, 5) is -0.241. The topological polar surface area (TPSA) is 106 Å². The van der Waals surface area contributed by atoms with Crippen LogP contribution in [0.2, 0.25) is 0 Å². The molecule has 0 saturated heterocycles. The Bertz CT molecular complexity index is 723. The summed E-state index contributed by atoms with van der Waals surface area (Å²) in [5.41, 5.74) is 5.71. The summed E-state index contributed by atoms with van der Waals surface area (Å²) in [7, 11) is -7.27. The highest BCUT2D eigenvalue weighted by molar-refractivity contribution is 7.91. The summed E-state index contributed by atoms with van der Waals surface area (Å²) in [6.07, 6.45) is 5.32. The fourth-order valence-electron chi connectivity index (χ4n) is 2.23. The van der Waals surface area contributed by atoms with Gasteiger partial charge in [0, 0.05) is 12.8 Å². The largest absolute Gasteiger partial charge is 0.398 e. The molecule has 118 valence electrons. The summed E-state index contributed by atoms with van der Waals surface area (Å²) in [5, 5.41) is 0. The van der Waals surface area contributed by atoms with Crippen LogP contribution in [0.3, 0.4) is 0 Å². The predicted molar refractivity (Wildman–Crippen MR) is 81.1 cm³/mol. The van der Waals surface area contributed by atoms with Gasteiger partial charge < -0.3 is 5.73 Å². The Morgan fingerprint density at radius 2 is 1.90 bits per heavy atom. The van der Waals surface area contributed by atoms with Gasteiger partial charge in [-0.15, -0.1) is 0 Å². The molecule has 0 spiro atoms. The summed E-state index contributed by atoms with van der Waals surface area (Å²) in [6, 6.07) is 3.71. The molecule has 1 saturated carbocycles. The van der Waals surface area contributed by atoms with Crippen molar-refractivity contribution in [3.8, 4) is 0 Å². The number of anilines is 1. The summed E-state index contributed by atoms with van der Waals surface area (Å²) in [5.74, 6) is 0.590. The van der Waals surface area contributed by atoms with Crippen molar-refractivity contribution >= 4 is 25.5 Å². The molecular formula is C13H20N2O4S2. The Kier molecular flexibility index (Phi) is 4.60. The van der Waals surface area contributed by atoms with Crippen molar-refractivity contribution < 1.29 is 16.8 Å². The van der Waals surface area contributed by atoms with E-state index in [-0.39, 0.29) is 15.5 Å². The van der Waals surface area contributed by atoms with Crippen molar-refractivity contribution in [2.24, 2.45) is 5.92 Å². The van der Waals surface area contributed by atoms with E-state index in [1.165, 1.54) is 18.6 Å². The van der Waals surface area contributed by atoms with Gasteiger partial charge >= 0.3 is 0 Å². The van der Waals surface area contributed by atoms with Crippen molar-refractivity contribution in [2.45, 2.75) is 35.5 Å². The molecule has 6 nitrogen and oxygen atoms in total. The van der Waals surface area contributed by atoms with E-state index < -0.39 is 19.9 Å². The van der Waals surface area contributed by atoms with Crippen LogP contribution in [-0.2, 0) is 19.9 Å². The first kappa shape index (κ1) is 16.3. The lowest BCUT2D eigenvalue weighted by molar-refractivity contribution is 0.297. The molecule has 0 heterocycles. The first-order valence-corrected chi connectivity index (χ1v) is 10.2. The first-order valence-electron chi connectivity index (χ1n) is 6.79. The highest BCUT2D eigenvalue weighted by Crippen LogP contribution is 2.29. The smallest absolute Gasteiger partial charge is 0.242 e. The number of sulfonamides is 1. The van der Waals surface area contributed by atoms with Crippen molar-refractivity contribution in [1.29, 1.82) is 0 Å². The van der Waals surface area contributed by atoms with Crippen molar-refractivity contribution in [2.75, 3.05) is 18.5 Å². The lowest BCUT2D eigenvalue weighted by Crippen LogP contribution is -2.28. The number of sulfone groups is 1. The molecular weight excluding hydrogens is 312 g/mol. The molecule has 0 aliphatic heterocycles. The number of benzene rings is 1. The second-order valence-corrected chi connectivity index (χ2v) is 9.21. The molecule has 1 aliphatic rings. The molecule has 1 aromatic rings. The quantitative estimate of drug-likeness (QED) is 0.760. The maximum atomic E-state index is 12.2. The molecule has 1 fully saturated rings. The van der Waals surface area contributed by atoms with E-state index in [9.17, 15) is 16.8 Å². The van der Waals surface area contributed by atoms with Gasteiger partial charge in [-0.05, 0) is 30.5 Å². The van der Waals surface area contributed by atoms with Crippen LogP contribution in [0.4, 0.5) is 5.69 Å². The number of nitrogen functional groups attached to an aromatic ring is 1. The summed E-state index contributed by atoms with van der Waals surface area (Å²) < 4.78 is 50.0. The fraction of sp³-hybridized carbons (Fsp3) is 0.538. The van der Waals surface area contributed by atoms with E-state index >= 15 is 0 Å². The zero-order chi connectivity index (χ0) is 15.7. The number of nitrogens with two attached hydrogens (primary N) is 1. The average molecular weight is 332 g/mol. The van der Waals surface area contributed by atoms with E-state index in [1.807, 2.05) is 0 Å². The van der Waals surface area contributed by atoms with Gasteiger partial charge in [-0.1, -0.05) is 19.3 Å². The minimum atomic E-state index is -3.79. The molecule has 1 aliphatic carbocycles. The van der Waals surface area contributed by atoms with Crippen LogP contribution in [0.5, 0.6) is 0 Å². The van der Waals surface area contributed by atoms with Crippen LogP contribution in [0.15, 0.2) is 28.0 Å². The van der Waals surface area contributed by atoms with E-state index in [0.29, 0.717) is 12.5 Å². The zero-order valence-electron chi connectivity index (χ0n) is 11.9. The Labute approximate surface area is 125 Å². The van der Waals surface area contributed by atoms with Gasteiger partial charge in [0.25, 0.3) is 0 Å². The van der Waals surface area contributed by atoms with Crippen LogP contribution < -0.4 is 10.5 Å². The molecule has 1 aromatic carbocycles. The molecule has 0 atom stereocenters. The Hall–Kier alpha value is -1.12. The molecule has 21 heavy (non-hydrogen) atoms. The third kappa shape index (κ3) is 3.96. The highest BCUT2D eigenvalue weighted by Gasteiger charge is 2.22. The van der Waals surface area contributed by atoms with Crippen LogP contribution >= 0.6 is 0 Å². The molecule has 2 rings (SSSR count). The number of nitrogens with one attached hydrogen (secondary N) is 1. The van der Waals surface area contributed by atoms with Gasteiger partial charge in [0.1, 0.15) is 4.90 Å². The standard InChI is InChI=1S/C13H20N2O4S2/c1-20(16,17)11-5-6-12(14)13(9-11)21(18,19)15-8-7-10-3-2-4-10/h5-6,9-10,15H,2-4,7-8,14H2,1H3. The normalized spacial score (nSPS) is 16.6. The van der Waals surface area contributed by atoms with Gasteiger partial charge in [0.15, 0.2) is 9.84 Å². The lowest BCUT2D eigenvalue weighted by atomic mass is 9.83. The second kappa shape index (κ2) is 5.94. The van der Waals surface area contributed by atoms with E-state index in [1.54, 1.807) is 0 Å². The van der Waals surface area contributed by atoms with Crippen LogP contribution in [0, 0.1) is 5.92 Å². The molecule has 0 unspecified atom stereocenters. The van der Waals surface area contributed by atoms with Gasteiger partial charge in [-0.3, -0.25) is 0 Å². The van der Waals surface area contributed by atoms with Crippen LogP contribution in [0.25, 0.3) is 0 Å². The molecule has 3 N–H and O–H groups in total. The molecule has 0 aromatic heterocycles. The monoisotopic (exact) mass is 332 g/mol. The van der Waals surface area contributed by atoms with E-state index in [4.69, 9.17) is 5.73 Å². The van der Waals surface area contributed by atoms with Crippen molar-refractivity contribution in [1.82, 2.24) is 4.72 Å². The van der Waals surface area contributed by atoms with Crippen molar-refractivity contribution in [3.05, 3.63) is 18.2 Å².